The summed E-state index contributed by atoms with van der Waals surface area (Å²) < 4.78 is 19.5. The topological polar surface area (TPSA) is 70.1 Å². The summed E-state index contributed by atoms with van der Waals surface area (Å²) in [5, 5.41) is 9.45. The number of aliphatic hydroxyl groups is 1. The standard InChI is InChI=1S/C14H23FN2O4/c1-14(2,3)21-13(20)16-6-4-10(9(15)8-16)17-7-5-11(18)12(17)19/h9-11,18H,4-8H2,1-3H3/t9-,10+,11+/m0/s1. The molecule has 1 N–H and O–H groups in total. The minimum atomic E-state index is -1.32. The molecule has 0 bridgehead atoms. The molecule has 2 aliphatic rings. The van der Waals surface area contributed by atoms with Gasteiger partial charge in [0.25, 0.3) is 5.91 Å². The van der Waals surface area contributed by atoms with E-state index in [1.165, 1.54) is 9.80 Å². The summed E-state index contributed by atoms with van der Waals surface area (Å²) in [5.41, 5.74) is -0.616. The monoisotopic (exact) mass is 302 g/mol. The molecule has 0 aromatic rings. The molecule has 3 atom stereocenters. The van der Waals surface area contributed by atoms with Crippen molar-refractivity contribution >= 4 is 12.0 Å². The van der Waals surface area contributed by atoms with Crippen LogP contribution in [0.15, 0.2) is 0 Å². The van der Waals surface area contributed by atoms with E-state index in [-0.39, 0.29) is 6.54 Å². The third-order valence-electron chi connectivity index (χ3n) is 3.77. The van der Waals surface area contributed by atoms with E-state index in [1.54, 1.807) is 20.8 Å². The molecular weight excluding hydrogens is 279 g/mol. The second-order valence-corrected chi connectivity index (χ2v) is 6.63. The highest BCUT2D eigenvalue weighted by molar-refractivity contribution is 5.83. The summed E-state index contributed by atoms with van der Waals surface area (Å²) in [7, 11) is 0. The highest BCUT2D eigenvalue weighted by atomic mass is 19.1. The molecule has 120 valence electrons. The van der Waals surface area contributed by atoms with Crippen molar-refractivity contribution in [2.24, 2.45) is 0 Å². The van der Waals surface area contributed by atoms with Crippen LogP contribution in [0.1, 0.15) is 33.6 Å². The van der Waals surface area contributed by atoms with E-state index in [1.807, 2.05) is 0 Å². The molecule has 21 heavy (non-hydrogen) atoms. The molecule has 2 fully saturated rings. The van der Waals surface area contributed by atoms with Crippen LogP contribution in [0.2, 0.25) is 0 Å². The fraction of sp³-hybridized carbons (Fsp3) is 0.857. The Kier molecular flexibility index (Phi) is 4.41. The quantitative estimate of drug-likeness (QED) is 0.782. The van der Waals surface area contributed by atoms with Crippen LogP contribution in [0.3, 0.4) is 0 Å². The number of alkyl halides is 1. The number of amides is 2. The number of hydrogen-bond acceptors (Lipinski definition) is 4. The van der Waals surface area contributed by atoms with Crippen LogP contribution in [0.25, 0.3) is 0 Å². The van der Waals surface area contributed by atoms with Crippen LogP contribution in [0.4, 0.5) is 9.18 Å². The highest BCUT2D eigenvalue weighted by Gasteiger charge is 2.42. The number of carbonyl (C=O) groups is 2. The normalized spacial score (nSPS) is 30.7. The summed E-state index contributed by atoms with van der Waals surface area (Å²) in [4.78, 5) is 26.4. The Morgan fingerprint density at radius 3 is 2.48 bits per heavy atom. The number of piperidine rings is 1. The van der Waals surface area contributed by atoms with Gasteiger partial charge in [-0.1, -0.05) is 0 Å². The largest absolute Gasteiger partial charge is 0.444 e. The van der Waals surface area contributed by atoms with Crippen LogP contribution in [-0.4, -0.2) is 70.5 Å². The van der Waals surface area contributed by atoms with Crippen LogP contribution in [0, 0.1) is 0 Å². The molecule has 2 heterocycles. The lowest BCUT2D eigenvalue weighted by Gasteiger charge is -2.39. The second kappa shape index (κ2) is 5.79. The predicted octanol–water partition coefficient (Wildman–Crippen LogP) is 0.927. The number of hydrogen-bond donors (Lipinski definition) is 1. The van der Waals surface area contributed by atoms with Gasteiger partial charge in [0.15, 0.2) is 0 Å². The van der Waals surface area contributed by atoms with Gasteiger partial charge in [-0.2, -0.15) is 0 Å². The number of likely N-dealkylation sites (tertiary alicyclic amines) is 2. The van der Waals surface area contributed by atoms with Crippen molar-refractivity contribution in [2.75, 3.05) is 19.6 Å². The summed E-state index contributed by atoms with van der Waals surface area (Å²) in [5.74, 6) is -0.409. The van der Waals surface area contributed by atoms with E-state index < -0.39 is 35.9 Å². The first-order valence-corrected chi connectivity index (χ1v) is 7.29. The number of rotatable bonds is 1. The summed E-state index contributed by atoms with van der Waals surface area (Å²) in [6.45, 7) is 5.91. The Balaban J connectivity index is 1.93. The number of ether oxygens (including phenoxy) is 1. The van der Waals surface area contributed by atoms with E-state index in [9.17, 15) is 19.1 Å². The maximum atomic E-state index is 14.3. The Morgan fingerprint density at radius 2 is 2.00 bits per heavy atom. The van der Waals surface area contributed by atoms with Crippen molar-refractivity contribution in [3.63, 3.8) is 0 Å². The zero-order chi connectivity index (χ0) is 15.8. The van der Waals surface area contributed by atoms with E-state index in [0.717, 1.165) is 0 Å². The smallest absolute Gasteiger partial charge is 0.410 e. The molecule has 7 heteroatoms. The van der Waals surface area contributed by atoms with Gasteiger partial charge in [-0.3, -0.25) is 4.79 Å². The zero-order valence-corrected chi connectivity index (χ0v) is 12.7. The molecule has 0 aromatic carbocycles. The van der Waals surface area contributed by atoms with E-state index >= 15 is 0 Å². The Labute approximate surface area is 123 Å². The van der Waals surface area contributed by atoms with E-state index in [4.69, 9.17) is 4.74 Å². The van der Waals surface area contributed by atoms with Crippen molar-refractivity contribution in [3.8, 4) is 0 Å². The first-order chi connectivity index (χ1) is 9.69. The molecule has 2 amide bonds. The number of aliphatic hydroxyl groups excluding tert-OH is 1. The molecule has 0 unspecified atom stereocenters. The lowest BCUT2D eigenvalue weighted by Crippen LogP contribution is -2.55. The fourth-order valence-electron chi connectivity index (χ4n) is 2.75. The van der Waals surface area contributed by atoms with Gasteiger partial charge in [0.2, 0.25) is 0 Å². The Hall–Kier alpha value is -1.37. The van der Waals surface area contributed by atoms with Crippen molar-refractivity contribution in [1.82, 2.24) is 9.80 Å². The van der Waals surface area contributed by atoms with Crippen molar-refractivity contribution < 1.29 is 23.8 Å². The van der Waals surface area contributed by atoms with Crippen molar-refractivity contribution in [2.45, 2.75) is 57.5 Å². The van der Waals surface area contributed by atoms with Crippen LogP contribution in [0.5, 0.6) is 0 Å². The van der Waals surface area contributed by atoms with Crippen LogP contribution in [-0.2, 0) is 9.53 Å². The van der Waals surface area contributed by atoms with E-state index in [2.05, 4.69) is 0 Å². The van der Waals surface area contributed by atoms with Crippen LogP contribution >= 0.6 is 0 Å². The average molecular weight is 302 g/mol. The maximum Gasteiger partial charge on any atom is 0.410 e. The van der Waals surface area contributed by atoms with Gasteiger partial charge in [-0.05, 0) is 33.6 Å². The van der Waals surface area contributed by atoms with Gasteiger partial charge in [0.05, 0.1) is 12.6 Å². The predicted molar refractivity (Wildman–Crippen MR) is 73.4 cm³/mol. The summed E-state index contributed by atoms with van der Waals surface area (Å²) in [6.07, 6.45) is -2.16. The first kappa shape index (κ1) is 16.0. The number of halogens is 1. The first-order valence-electron chi connectivity index (χ1n) is 7.29. The van der Waals surface area contributed by atoms with E-state index in [0.29, 0.717) is 25.9 Å². The SMILES string of the molecule is CC(C)(C)OC(=O)N1CC[C@@H](N2CC[C@@H](O)C2=O)[C@@H](F)C1. The molecule has 0 aliphatic carbocycles. The molecule has 6 nitrogen and oxygen atoms in total. The fourth-order valence-corrected chi connectivity index (χ4v) is 2.75. The van der Waals surface area contributed by atoms with Gasteiger partial charge in [0, 0.05) is 13.1 Å². The summed E-state index contributed by atoms with van der Waals surface area (Å²) >= 11 is 0. The van der Waals surface area contributed by atoms with Crippen LogP contribution < -0.4 is 0 Å². The molecule has 2 rings (SSSR count). The minimum Gasteiger partial charge on any atom is -0.444 e. The molecule has 2 saturated heterocycles. The zero-order valence-electron chi connectivity index (χ0n) is 12.7. The molecule has 0 aromatic heterocycles. The van der Waals surface area contributed by atoms with Gasteiger partial charge >= 0.3 is 6.09 Å². The molecular formula is C14H23FN2O4. The van der Waals surface area contributed by atoms with Gasteiger partial charge in [0.1, 0.15) is 17.9 Å². The van der Waals surface area contributed by atoms with Crippen molar-refractivity contribution in [1.29, 1.82) is 0 Å². The second-order valence-electron chi connectivity index (χ2n) is 6.63. The third-order valence-corrected chi connectivity index (χ3v) is 3.77. The summed E-state index contributed by atoms with van der Waals surface area (Å²) in [6, 6.07) is -0.562. The van der Waals surface area contributed by atoms with Gasteiger partial charge in [-0.25, -0.2) is 9.18 Å². The lowest BCUT2D eigenvalue weighted by molar-refractivity contribution is -0.138. The average Bonchev–Trinajstić information content (AvgIpc) is 2.68. The lowest BCUT2D eigenvalue weighted by atomic mass is 10.0. The minimum absolute atomic E-state index is 0.0839. The Bertz CT molecular complexity index is 424. The molecule has 0 radical (unpaired) electrons. The molecule has 0 saturated carbocycles. The van der Waals surface area contributed by atoms with Crippen molar-refractivity contribution in [3.05, 3.63) is 0 Å². The highest BCUT2D eigenvalue weighted by Crippen LogP contribution is 2.25. The molecule has 0 spiro atoms. The maximum absolute atomic E-state index is 14.3. The Morgan fingerprint density at radius 1 is 1.33 bits per heavy atom. The number of carbonyl (C=O) groups excluding carboxylic acids is 2. The number of nitrogens with zero attached hydrogens (tertiary/aromatic N) is 2. The molecule has 2 aliphatic heterocycles. The van der Waals surface area contributed by atoms with Gasteiger partial charge < -0.3 is 19.6 Å². The van der Waals surface area contributed by atoms with Gasteiger partial charge in [-0.15, -0.1) is 0 Å². The third kappa shape index (κ3) is 3.64.